The van der Waals surface area contributed by atoms with Crippen LogP contribution in [0.25, 0.3) is 0 Å². The number of hydrogen-bond donors (Lipinski definition) is 1. The van der Waals surface area contributed by atoms with Crippen molar-refractivity contribution >= 4 is 17.5 Å². The molecule has 0 radical (unpaired) electrons. The van der Waals surface area contributed by atoms with Crippen LogP contribution in [0.15, 0.2) is 27.5 Å². The van der Waals surface area contributed by atoms with E-state index in [4.69, 9.17) is 20.9 Å². The van der Waals surface area contributed by atoms with Gasteiger partial charge in [-0.05, 0) is 57.4 Å². The number of H-pyrrole nitrogens is 1. The van der Waals surface area contributed by atoms with E-state index in [1.807, 2.05) is 39.8 Å². The highest BCUT2D eigenvalue weighted by Gasteiger charge is 2.29. The monoisotopic (exact) mass is 441 g/mol. The summed E-state index contributed by atoms with van der Waals surface area (Å²) >= 11 is 6.61. The van der Waals surface area contributed by atoms with Crippen LogP contribution in [0, 0.1) is 27.7 Å². The van der Waals surface area contributed by atoms with Crippen LogP contribution in [0.2, 0.25) is 5.02 Å². The highest BCUT2D eigenvalue weighted by atomic mass is 35.5. The predicted molar refractivity (Wildman–Crippen MR) is 117 cm³/mol. The maximum atomic E-state index is 13.3. The van der Waals surface area contributed by atoms with Crippen LogP contribution in [0.3, 0.4) is 0 Å². The summed E-state index contributed by atoms with van der Waals surface area (Å²) in [5.41, 5.74) is 5.01. The molecule has 1 aliphatic heterocycles. The minimum Gasteiger partial charge on any atom is -0.487 e. The van der Waals surface area contributed by atoms with Crippen molar-refractivity contribution in [3.8, 4) is 5.75 Å². The number of aromatic nitrogens is 2. The van der Waals surface area contributed by atoms with E-state index < -0.39 is 0 Å². The Hall–Kier alpha value is -3.06. The van der Waals surface area contributed by atoms with Crippen LogP contribution >= 0.6 is 11.6 Å². The fourth-order valence-electron chi connectivity index (χ4n) is 3.94. The Balaban J connectivity index is 1.59. The lowest BCUT2D eigenvalue weighted by Crippen LogP contribution is -2.39. The van der Waals surface area contributed by atoms with Gasteiger partial charge in [0.15, 0.2) is 0 Å². The summed E-state index contributed by atoms with van der Waals surface area (Å²) in [7, 11) is 0. The number of rotatable bonds is 5. The molecule has 1 N–H and O–H groups in total. The normalized spacial score (nSPS) is 13.5. The molecular formula is C23H24ClN3O4. The number of hydrogen-bond acceptors (Lipinski definition) is 5. The Bertz CT molecular complexity index is 1210. The number of aryl methyl sites for hydroxylation is 4. The van der Waals surface area contributed by atoms with E-state index in [2.05, 4.69) is 10.1 Å². The zero-order valence-electron chi connectivity index (χ0n) is 18.0. The van der Waals surface area contributed by atoms with Crippen molar-refractivity contribution in [2.24, 2.45) is 0 Å². The van der Waals surface area contributed by atoms with Crippen LogP contribution in [0.5, 0.6) is 5.75 Å². The first-order valence-electron chi connectivity index (χ1n) is 10.1. The summed E-state index contributed by atoms with van der Waals surface area (Å²) in [5.74, 6) is 0.918. The molecule has 0 atom stereocenters. The summed E-state index contributed by atoms with van der Waals surface area (Å²) in [6, 6.07) is 5.58. The number of carbonyl (C=O) groups excluding carboxylic acids is 1. The van der Waals surface area contributed by atoms with Gasteiger partial charge in [-0.15, -0.1) is 0 Å². The van der Waals surface area contributed by atoms with Crippen LogP contribution in [-0.2, 0) is 19.6 Å². The first-order chi connectivity index (χ1) is 14.8. The van der Waals surface area contributed by atoms with E-state index in [0.29, 0.717) is 35.6 Å². The molecule has 1 aromatic carbocycles. The highest BCUT2D eigenvalue weighted by Crippen LogP contribution is 2.35. The second-order valence-electron chi connectivity index (χ2n) is 7.92. The van der Waals surface area contributed by atoms with E-state index in [1.165, 1.54) is 0 Å². The minimum absolute atomic E-state index is 0.168. The highest BCUT2D eigenvalue weighted by molar-refractivity contribution is 6.35. The molecule has 0 spiro atoms. The molecule has 162 valence electrons. The van der Waals surface area contributed by atoms with Crippen molar-refractivity contribution in [2.45, 2.75) is 47.3 Å². The van der Waals surface area contributed by atoms with E-state index in [-0.39, 0.29) is 29.6 Å². The molecule has 0 unspecified atom stereocenters. The van der Waals surface area contributed by atoms with Gasteiger partial charge in [-0.25, -0.2) is 0 Å². The number of aromatic amines is 1. The van der Waals surface area contributed by atoms with E-state index in [1.54, 1.807) is 11.0 Å². The number of ether oxygens (including phenoxy) is 1. The van der Waals surface area contributed by atoms with E-state index in [9.17, 15) is 9.59 Å². The van der Waals surface area contributed by atoms with Crippen molar-refractivity contribution in [3.05, 3.63) is 78.5 Å². The van der Waals surface area contributed by atoms with Crippen LogP contribution in [0.4, 0.5) is 0 Å². The van der Waals surface area contributed by atoms with Gasteiger partial charge in [-0.3, -0.25) is 9.59 Å². The molecule has 0 bridgehead atoms. The van der Waals surface area contributed by atoms with Gasteiger partial charge >= 0.3 is 0 Å². The zero-order valence-corrected chi connectivity index (χ0v) is 18.7. The van der Waals surface area contributed by atoms with Crippen molar-refractivity contribution in [3.63, 3.8) is 0 Å². The summed E-state index contributed by atoms with van der Waals surface area (Å²) in [5, 5.41) is 4.21. The Morgan fingerprint density at radius 2 is 1.97 bits per heavy atom. The van der Waals surface area contributed by atoms with Gasteiger partial charge in [0.2, 0.25) is 0 Å². The molecule has 31 heavy (non-hydrogen) atoms. The number of nitrogens with one attached hydrogen (secondary N) is 1. The first kappa shape index (κ1) is 21.2. The Kier molecular flexibility index (Phi) is 5.62. The third kappa shape index (κ3) is 3.97. The third-order valence-corrected chi connectivity index (χ3v) is 6.12. The third-order valence-electron chi connectivity index (χ3n) is 5.74. The molecule has 0 saturated heterocycles. The second-order valence-corrected chi connectivity index (χ2v) is 8.30. The topological polar surface area (TPSA) is 88.4 Å². The fourth-order valence-corrected chi connectivity index (χ4v) is 4.26. The molecule has 0 saturated carbocycles. The second kappa shape index (κ2) is 8.23. The molecule has 0 fully saturated rings. The fraction of sp³-hybridized carbons (Fsp3) is 0.348. The zero-order chi connectivity index (χ0) is 22.3. The predicted octanol–water partition coefficient (Wildman–Crippen LogP) is 4.03. The molecule has 8 heteroatoms. The van der Waals surface area contributed by atoms with Crippen LogP contribution in [0.1, 0.15) is 49.8 Å². The van der Waals surface area contributed by atoms with Gasteiger partial charge < -0.3 is 19.1 Å². The smallest absolute Gasteiger partial charge is 0.256 e. The number of nitrogens with zero attached hydrogens (tertiary/aromatic N) is 2. The number of benzene rings is 1. The van der Waals surface area contributed by atoms with Crippen molar-refractivity contribution in [1.29, 1.82) is 0 Å². The van der Waals surface area contributed by atoms with E-state index in [0.717, 1.165) is 28.1 Å². The SMILES string of the molecule is Cc1cc(C)c(CN2CCc3ccc(OCc4c(C)noc4C)c(Cl)c3C2=O)c(=O)[nH]1. The summed E-state index contributed by atoms with van der Waals surface area (Å²) in [4.78, 5) is 30.2. The molecule has 2 aromatic heterocycles. The molecule has 7 nitrogen and oxygen atoms in total. The maximum Gasteiger partial charge on any atom is 0.256 e. The lowest BCUT2D eigenvalue weighted by molar-refractivity contribution is 0.0725. The van der Waals surface area contributed by atoms with Gasteiger partial charge in [0.1, 0.15) is 18.1 Å². The number of fused-ring (bicyclic) bond motifs is 1. The lowest BCUT2D eigenvalue weighted by atomic mass is 9.97. The minimum atomic E-state index is -0.201. The molecule has 1 aliphatic rings. The Morgan fingerprint density at radius 3 is 2.65 bits per heavy atom. The summed E-state index contributed by atoms with van der Waals surface area (Å²) in [6.45, 7) is 8.39. The Labute approximate surface area is 185 Å². The average molecular weight is 442 g/mol. The standard InChI is InChI=1S/C23H24ClN3O4/c1-12-9-13(2)25-22(28)17(12)10-27-8-7-16-5-6-19(21(24)20(16)23(27)29)30-11-18-14(3)26-31-15(18)4/h5-6,9H,7-8,10-11H2,1-4H3,(H,25,28). The number of amides is 1. The molecule has 3 heterocycles. The van der Waals surface area contributed by atoms with Crippen LogP contribution < -0.4 is 10.3 Å². The van der Waals surface area contributed by atoms with Crippen molar-refractivity contribution < 1.29 is 14.1 Å². The summed E-state index contributed by atoms with van der Waals surface area (Å²) in [6.07, 6.45) is 0.660. The average Bonchev–Trinajstić information content (AvgIpc) is 3.03. The number of carbonyl (C=O) groups is 1. The maximum absolute atomic E-state index is 13.3. The molecule has 0 aliphatic carbocycles. The largest absolute Gasteiger partial charge is 0.487 e. The van der Waals surface area contributed by atoms with Gasteiger partial charge in [0, 0.05) is 17.8 Å². The quantitative estimate of drug-likeness (QED) is 0.645. The molecular weight excluding hydrogens is 418 g/mol. The van der Waals surface area contributed by atoms with Gasteiger partial charge in [-0.2, -0.15) is 0 Å². The van der Waals surface area contributed by atoms with Gasteiger partial charge in [-0.1, -0.05) is 22.8 Å². The van der Waals surface area contributed by atoms with E-state index >= 15 is 0 Å². The molecule has 4 rings (SSSR count). The van der Waals surface area contributed by atoms with Crippen molar-refractivity contribution in [2.75, 3.05) is 6.54 Å². The van der Waals surface area contributed by atoms with Crippen LogP contribution in [-0.4, -0.2) is 27.5 Å². The first-order valence-corrected chi connectivity index (χ1v) is 10.5. The molecule has 1 amide bonds. The van der Waals surface area contributed by atoms with Gasteiger partial charge in [0.05, 0.1) is 28.4 Å². The van der Waals surface area contributed by atoms with Crippen molar-refractivity contribution in [1.82, 2.24) is 15.0 Å². The number of pyridine rings is 1. The number of halogens is 1. The Morgan fingerprint density at radius 1 is 1.19 bits per heavy atom. The molecule has 3 aromatic rings. The summed E-state index contributed by atoms with van der Waals surface area (Å²) < 4.78 is 11.1. The van der Waals surface area contributed by atoms with Gasteiger partial charge in [0.25, 0.3) is 11.5 Å². The lowest BCUT2D eigenvalue weighted by Gasteiger charge is -2.30.